The third-order valence-corrected chi connectivity index (χ3v) is 1.58. The van der Waals surface area contributed by atoms with Crippen molar-refractivity contribution in [1.29, 1.82) is 0 Å². The van der Waals surface area contributed by atoms with Gasteiger partial charge in [0.1, 0.15) is 12.5 Å². The van der Waals surface area contributed by atoms with Gasteiger partial charge < -0.3 is 15.9 Å². The number of nitrogens with one attached hydrogen (secondary N) is 2. The van der Waals surface area contributed by atoms with Crippen LogP contribution in [-0.2, 0) is 19.2 Å². The van der Waals surface area contributed by atoms with Gasteiger partial charge >= 0.3 is 11.9 Å². The Balaban J connectivity index is 4.60. The molecule has 0 aliphatic rings. The third kappa shape index (κ3) is 6.05. The summed E-state index contributed by atoms with van der Waals surface area (Å²) in [5, 5.41) is 17.0. The zero-order valence-corrected chi connectivity index (χ0v) is 8.60. The molecule has 0 saturated heterocycles. The predicted octanol–water partition coefficient (Wildman–Crippen LogP) is -2.75. The van der Waals surface area contributed by atoms with Crippen LogP contribution in [0.3, 0.4) is 0 Å². The Labute approximate surface area is 95.2 Å². The van der Waals surface area contributed by atoms with E-state index in [2.05, 4.69) is 10.9 Å². The first-order valence-electron chi connectivity index (χ1n) is 4.33. The summed E-state index contributed by atoms with van der Waals surface area (Å²) in [6.07, 6.45) is -0.581. The molecule has 0 aromatic rings. The molecule has 0 bridgehead atoms. The molecular weight excluding hydrogens is 234 g/mol. The molecule has 0 heterocycles. The average Bonchev–Trinajstić information content (AvgIpc) is 2.20. The summed E-state index contributed by atoms with van der Waals surface area (Å²) in [5.74, 6) is -2.30. The van der Waals surface area contributed by atoms with Crippen molar-refractivity contribution < 1.29 is 29.4 Å². The van der Waals surface area contributed by atoms with Gasteiger partial charge in [0.15, 0.2) is 6.04 Å². The molecule has 0 aliphatic carbocycles. The van der Waals surface area contributed by atoms with E-state index in [-0.39, 0.29) is 0 Å². The Bertz CT molecular complexity index is 373. The van der Waals surface area contributed by atoms with Gasteiger partial charge in [0.05, 0.1) is 12.0 Å². The van der Waals surface area contributed by atoms with Gasteiger partial charge in [-0.3, -0.25) is 14.4 Å². The first-order chi connectivity index (χ1) is 7.88. The first-order valence-corrected chi connectivity index (χ1v) is 4.33. The van der Waals surface area contributed by atoms with E-state index in [1.165, 1.54) is 5.94 Å². The van der Waals surface area contributed by atoms with Crippen molar-refractivity contribution in [2.75, 3.05) is 6.54 Å². The lowest BCUT2D eigenvalue weighted by atomic mass is 10.1. The molecule has 1 amide bonds. The van der Waals surface area contributed by atoms with Crippen LogP contribution in [0, 0.1) is 0 Å². The van der Waals surface area contributed by atoms with E-state index in [4.69, 9.17) is 15.9 Å². The van der Waals surface area contributed by atoms with Gasteiger partial charge in [-0.1, -0.05) is 0 Å². The molecule has 0 spiro atoms. The second-order valence-corrected chi connectivity index (χ2v) is 2.93. The summed E-state index contributed by atoms with van der Waals surface area (Å²) in [6.45, 7) is -0.563. The molecule has 1 atom stereocenters. The highest BCUT2D eigenvalue weighted by Crippen LogP contribution is 2.03. The predicted molar refractivity (Wildman–Crippen MR) is 53.2 cm³/mol. The first kappa shape index (κ1) is 14.8. The molecule has 9 heteroatoms. The summed E-state index contributed by atoms with van der Waals surface area (Å²) < 4.78 is 0. The number of carbonyl (C=O) groups excluding carboxylic acids is 2. The number of hydrazine groups is 1. The average molecular weight is 245 g/mol. The molecular formula is C8H11N3O6. The van der Waals surface area contributed by atoms with Crippen molar-refractivity contribution in [1.82, 2.24) is 10.9 Å². The lowest BCUT2D eigenvalue weighted by Crippen LogP contribution is -2.48. The van der Waals surface area contributed by atoms with Crippen LogP contribution in [-0.4, -0.2) is 46.6 Å². The largest absolute Gasteiger partial charge is 0.480 e. The number of aliphatic carboxylic acids is 2. The van der Waals surface area contributed by atoms with Crippen molar-refractivity contribution in [2.24, 2.45) is 5.73 Å². The zero-order chi connectivity index (χ0) is 13.4. The van der Waals surface area contributed by atoms with Crippen molar-refractivity contribution in [2.45, 2.75) is 12.5 Å². The van der Waals surface area contributed by atoms with E-state index in [1.807, 2.05) is 0 Å². The van der Waals surface area contributed by atoms with E-state index in [0.717, 1.165) is 0 Å². The second-order valence-electron chi connectivity index (χ2n) is 2.93. The number of primary amides is 1. The fourth-order valence-electron chi connectivity index (χ4n) is 0.911. The molecule has 6 N–H and O–H groups in total. The molecule has 0 rings (SSSR count). The highest BCUT2D eigenvalue weighted by atomic mass is 16.4. The van der Waals surface area contributed by atoms with E-state index in [0.29, 0.717) is 0 Å². The molecule has 0 aromatic heterocycles. The van der Waals surface area contributed by atoms with Gasteiger partial charge in [0.25, 0.3) is 0 Å². The molecule has 0 aromatic carbocycles. The second kappa shape index (κ2) is 7.12. The fraction of sp³-hybridized carbons (Fsp3) is 0.375. The number of hydrogen-bond acceptors (Lipinski definition) is 6. The zero-order valence-electron chi connectivity index (χ0n) is 8.60. The van der Waals surface area contributed by atoms with E-state index < -0.39 is 42.4 Å². The minimum atomic E-state index is -1.57. The third-order valence-electron chi connectivity index (χ3n) is 1.58. The van der Waals surface area contributed by atoms with Crippen LogP contribution >= 0.6 is 0 Å². The Hall–Kier alpha value is -2.22. The topological polar surface area (TPSA) is 159 Å². The maximum Gasteiger partial charge on any atom is 0.327 e. The lowest BCUT2D eigenvalue weighted by molar-refractivity contribution is -0.140. The number of hydrogen-bond donors (Lipinski definition) is 5. The number of rotatable bonds is 8. The van der Waals surface area contributed by atoms with Gasteiger partial charge in [-0.05, 0) is 0 Å². The summed E-state index contributed by atoms with van der Waals surface area (Å²) in [4.78, 5) is 41.9. The molecule has 0 aliphatic heterocycles. The highest BCUT2D eigenvalue weighted by molar-refractivity contribution is 5.87. The molecule has 0 fully saturated rings. The fourth-order valence-corrected chi connectivity index (χ4v) is 0.911. The Morgan fingerprint density at radius 1 is 1.29 bits per heavy atom. The smallest absolute Gasteiger partial charge is 0.327 e. The van der Waals surface area contributed by atoms with E-state index >= 15 is 0 Å². The number of carboxylic acid groups (broad SMARTS) is 2. The minimum absolute atomic E-state index is 0.428. The van der Waals surface area contributed by atoms with Crippen LogP contribution in [0.15, 0.2) is 5.57 Å². The molecule has 94 valence electrons. The van der Waals surface area contributed by atoms with Crippen molar-refractivity contribution >= 4 is 23.8 Å². The molecule has 9 nitrogen and oxygen atoms in total. The monoisotopic (exact) mass is 245 g/mol. The Kier molecular flexibility index (Phi) is 6.19. The number of carboxylic acids is 2. The van der Waals surface area contributed by atoms with Crippen LogP contribution in [0.4, 0.5) is 0 Å². The van der Waals surface area contributed by atoms with Crippen LogP contribution in [0.25, 0.3) is 0 Å². The SMILES string of the molecule is NC(=O)CC(=C=O)[C@H](NNCC(=O)O)C(=O)O. The van der Waals surface area contributed by atoms with Gasteiger partial charge in [-0.15, -0.1) is 0 Å². The van der Waals surface area contributed by atoms with Crippen molar-refractivity contribution in [3.63, 3.8) is 0 Å². The van der Waals surface area contributed by atoms with Crippen molar-refractivity contribution in [3.05, 3.63) is 5.57 Å². The van der Waals surface area contributed by atoms with Gasteiger partial charge in [0, 0.05) is 0 Å². The molecule has 0 saturated carbocycles. The summed E-state index contributed by atoms with van der Waals surface area (Å²) in [7, 11) is 0. The minimum Gasteiger partial charge on any atom is -0.480 e. The van der Waals surface area contributed by atoms with Crippen LogP contribution in [0.1, 0.15) is 6.42 Å². The van der Waals surface area contributed by atoms with E-state index in [9.17, 15) is 19.2 Å². The van der Waals surface area contributed by atoms with Gasteiger partial charge in [-0.25, -0.2) is 15.6 Å². The number of carbonyl (C=O) groups is 3. The Morgan fingerprint density at radius 2 is 1.88 bits per heavy atom. The number of amides is 1. The van der Waals surface area contributed by atoms with Crippen LogP contribution < -0.4 is 16.6 Å². The van der Waals surface area contributed by atoms with Crippen molar-refractivity contribution in [3.8, 4) is 0 Å². The quantitative estimate of drug-likeness (QED) is 0.227. The normalized spacial score (nSPS) is 11.3. The van der Waals surface area contributed by atoms with Crippen LogP contribution in [0.2, 0.25) is 0 Å². The summed E-state index contributed by atoms with van der Waals surface area (Å²) in [5.41, 5.74) is 8.52. The van der Waals surface area contributed by atoms with E-state index in [1.54, 1.807) is 0 Å². The standard InChI is InChI=1S/C8H11N3O6/c9-5(13)1-4(3-12)7(8(16)17)11-10-2-6(14)15/h7,10-11H,1-2H2,(H2,9,13)(H,14,15)(H,16,17)/t7-/m0/s1. The van der Waals surface area contributed by atoms with Gasteiger partial charge in [-0.2, -0.15) is 0 Å². The maximum absolute atomic E-state index is 10.8. The molecule has 17 heavy (non-hydrogen) atoms. The maximum atomic E-state index is 10.8. The molecule has 0 unspecified atom stereocenters. The highest BCUT2D eigenvalue weighted by Gasteiger charge is 2.24. The molecule has 0 radical (unpaired) electrons. The lowest BCUT2D eigenvalue weighted by Gasteiger charge is -2.14. The summed E-state index contributed by atoms with van der Waals surface area (Å²) in [6, 6.07) is -1.57. The van der Waals surface area contributed by atoms with Crippen LogP contribution in [0.5, 0.6) is 0 Å². The Morgan fingerprint density at radius 3 is 2.24 bits per heavy atom. The summed E-state index contributed by atoms with van der Waals surface area (Å²) >= 11 is 0. The number of nitrogens with two attached hydrogens (primary N) is 1. The van der Waals surface area contributed by atoms with Gasteiger partial charge in [0.2, 0.25) is 5.91 Å².